The molecule has 0 bridgehead atoms. The third kappa shape index (κ3) is 4.49. The number of nitrogens with zero attached hydrogens (tertiary/aromatic N) is 1. The van der Waals surface area contributed by atoms with Gasteiger partial charge in [0.05, 0.1) is 18.6 Å². The largest absolute Gasteiger partial charge is 0.347 e. The highest BCUT2D eigenvalue weighted by Gasteiger charge is 2.32. The van der Waals surface area contributed by atoms with E-state index in [0.717, 1.165) is 16.7 Å². The van der Waals surface area contributed by atoms with Crippen molar-refractivity contribution < 1.29 is 8.78 Å². The molecule has 6 heteroatoms. The summed E-state index contributed by atoms with van der Waals surface area (Å²) in [5.74, 6) is 0.115. The summed E-state index contributed by atoms with van der Waals surface area (Å²) in [6.07, 6.45) is 0. The van der Waals surface area contributed by atoms with E-state index >= 15 is 0 Å². The topological polar surface area (TPSA) is 36.4 Å². The molecule has 144 valence electrons. The van der Waals surface area contributed by atoms with Gasteiger partial charge in [0.15, 0.2) is 5.96 Å². The summed E-state index contributed by atoms with van der Waals surface area (Å²) in [6.45, 7) is 0.544. The quantitative estimate of drug-likeness (QED) is 0.653. The van der Waals surface area contributed by atoms with Crippen molar-refractivity contribution in [2.75, 3.05) is 0 Å². The average Bonchev–Trinajstić information content (AvgIpc) is 3.13. The van der Waals surface area contributed by atoms with E-state index in [1.807, 2.05) is 30.3 Å². The van der Waals surface area contributed by atoms with Gasteiger partial charge in [-0.1, -0.05) is 54.6 Å². The summed E-state index contributed by atoms with van der Waals surface area (Å²) in [4.78, 5) is 4.63. The number of hydrogen-bond acceptors (Lipinski definition) is 1. The van der Waals surface area contributed by atoms with Crippen LogP contribution >= 0.6 is 12.4 Å². The van der Waals surface area contributed by atoms with Crippen molar-refractivity contribution in [1.29, 1.82) is 0 Å². The number of aliphatic imine (C=N–C) groups is 1. The van der Waals surface area contributed by atoms with Crippen molar-refractivity contribution in [3.8, 4) is 0 Å². The first-order valence-corrected chi connectivity index (χ1v) is 8.81. The Morgan fingerprint density at radius 3 is 1.61 bits per heavy atom. The maximum Gasteiger partial charge on any atom is 0.192 e. The molecule has 1 aliphatic heterocycles. The van der Waals surface area contributed by atoms with E-state index in [0.29, 0.717) is 12.5 Å². The van der Waals surface area contributed by atoms with Crippen LogP contribution in [0.1, 0.15) is 28.8 Å². The summed E-state index contributed by atoms with van der Waals surface area (Å²) >= 11 is 0. The molecule has 28 heavy (non-hydrogen) atoms. The van der Waals surface area contributed by atoms with Crippen LogP contribution in [0.5, 0.6) is 0 Å². The zero-order valence-electron chi connectivity index (χ0n) is 15.0. The first-order valence-electron chi connectivity index (χ1n) is 8.81. The molecular formula is C22H20ClF2N3. The highest BCUT2D eigenvalue weighted by atomic mass is 35.5. The number of nitrogens with one attached hydrogen (secondary N) is 2. The van der Waals surface area contributed by atoms with Gasteiger partial charge in [-0.15, -0.1) is 12.4 Å². The Morgan fingerprint density at radius 1 is 0.679 bits per heavy atom. The summed E-state index contributed by atoms with van der Waals surface area (Å²) in [5.41, 5.74) is 2.98. The van der Waals surface area contributed by atoms with Gasteiger partial charge in [0, 0.05) is 0 Å². The first-order chi connectivity index (χ1) is 13.2. The van der Waals surface area contributed by atoms with Crippen molar-refractivity contribution >= 4 is 18.4 Å². The lowest BCUT2D eigenvalue weighted by Crippen LogP contribution is -2.25. The number of hydrogen-bond donors (Lipinski definition) is 2. The lowest BCUT2D eigenvalue weighted by Gasteiger charge is -2.19. The lowest BCUT2D eigenvalue weighted by molar-refractivity contribution is 0.549. The molecule has 1 aliphatic rings. The van der Waals surface area contributed by atoms with Crippen LogP contribution in [0, 0.1) is 11.6 Å². The second-order valence-corrected chi connectivity index (χ2v) is 6.50. The van der Waals surface area contributed by atoms with Gasteiger partial charge < -0.3 is 10.6 Å². The summed E-state index contributed by atoms with van der Waals surface area (Å²) in [5, 5.41) is 6.77. The fourth-order valence-electron chi connectivity index (χ4n) is 3.24. The molecule has 0 aliphatic carbocycles. The minimum Gasteiger partial charge on any atom is -0.347 e. The molecule has 0 amide bonds. The van der Waals surface area contributed by atoms with E-state index in [4.69, 9.17) is 0 Å². The van der Waals surface area contributed by atoms with Crippen molar-refractivity contribution in [3.05, 3.63) is 107 Å². The summed E-state index contributed by atoms with van der Waals surface area (Å²) in [7, 11) is 0. The molecule has 0 spiro atoms. The Bertz CT molecular complexity index is 873. The van der Waals surface area contributed by atoms with E-state index in [2.05, 4.69) is 15.6 Å². The fourth-order valence-corrected chi connectivity index (χ4v) is 3.24. The third-order valence-electron chi connectivity index (χ3n) is 4.64. The SMILES string of the molecule is Cl.Fc1ccc([C@H]2NC(=NCc3ccccc3)N[C@H]2c2ccc(F)cc2)cc1. The van der Waals surface area contributed by atoms with Gasteiger partial charge in [-0.05, 0) is 41.0 Å². The van der Waals surface area contributed by atoms with Crippen molar-refractivity contribution in [3.63, 3.8) is 0 Å². The van der Waals surface area contributed by atoms with Gasteiger partial charge in [-0.2, -0.15) is 0 Å². The maximum absolute atomic E-state index is 13.3. The molecule has 0 radical (unpaired) electrons. The van der Waals surface area contributed by atoms with Crippen molar-refractivity contribution in [1.82, 2.24) is 10.6 Å². The summed E-state index contributed by atoms with van der Waals surface area (Å²) in [6, 6.07) is 22.5. The minimum absolute atomic E-state index is 0. The van der Waals surface area contributed by atoms with Gasteiger partial charge in [-0.25, -0.2) is 13.8 Å². The predicted molar refractivity (Wildman–Crippen MR) is 109 cm³/mol. The molecule has 2 atom stereocenters. The van der Waals surface area contributed by atoms with Crippen LogP contribution in [0.15, 0.2) is 83.9 Å². The molecule has 2 N–H and O–H groups in total. The molecule has 3 aromatic carbocycles. The minimum atomic E-state index is -0.277. The molecule has 0 unspecified atom stereocenters. The lowest BCUT2D eigenvalue weighted by atomic mass is 9.95. The molecule has 3 nitrogen and oxygen atoms in total. The maximum atomic E-state index is 13.3. The smallest absolute Gasteiger partial charge is 0.192 e. The Balaban J connectivity index is 0.00000225. The van der Waals surface area contributed by atoms with Gasteiger partial charge in [0.2, 0.25) is 0 Å². The number of rotatable bonds is 4. The summed E-state index contributed by atoms with van der Waals surface area (Å²) < 4.78 is 26.6. The Hall–Kier alpha value is -2.92. The van der Waals surface area contributed by atoms with Crippen LogP contribution in [0.25, 0.3) is 0 Å². The number of benzene rings is 3. The van der Waals surface area contributed by atoms with Crippen LogP contribution in [-0.2, 0) is 6.54 Å². The van der Waals surface area contributed by atoms with E-state index in [-0.39, 0.29) is 36.1 Å². The monoisotopic (exact) mass is 399 g/mol. The molecule has 0 saturated carbocycles. The zero-order valence-corrected chi connectivity index (χ0v) is 15.8. The predicted octanol–water partition coefficient (Wildman–Crippen LogP) is 4.92. The van der Waals surface area contributed by atoms with E-state index in [1.165, 1.54) is 24.3 Å². The van der Waals surface area contributed by atoms with Crippen molar-refractivity contribution in [2.45, 2.75) is 18.6 Å². The molecular weight excluding hydrogens is 380 g/mol. The molecule has 1 fully saturated rings. The Morgan fingerprint density at radius 2 is 1.14 bits per heavy atom. The van der Waals surface area contributed by atoms with E-state index < -0.39 is 0 Å². The van der Waals surface area contributed by atoms with Gasteiger partial charge >= 0.3 is 0 Å². The standard InChI is InChI=1S/C22H19F2N3.ClH/c23-18-10-6-16(7-11-18)20-21(17-8-12-19(24)13-9-17)27-22(26-20)25-14-15-4-2-1-3-5-15;/h1-13,20-21H,14H2,(H2,25,26,27);1H/t20-,21+;. The normalized spacial score (nSPS) is 19.6. The van der Waals surface area contributed by atoms with Crippen molar-refractivity contribution in [2.24, 2.45) is 4.99 Å². The van der Waals surface area contributed by atoms with Gasteiger partial charge in [-0.3, -0.25) is 0 Å². The van der Waals surface area contributed by atoms with E-state index in [9.17, 15) is 8.78 Å². The third-order valence-corrected chi connectivity index (χ3v) is 4.64. The molecule has 4 rings (SSSR count). The molecule has 1 heterocycles. The molecule has 1 saturated heterocycles. The highest BCUT2D eigenvalue weighted by molar-refractivity contribution is 5.85. The van der Waals surface area contributed by atoms with Gasteiger partial charge in [0.25, 0.3) is 0 Å². The van der Waals surface area contributed by atoms with E-state index in [1.54, 1.807) is 24.3 Å². The zero-order chi connectivity index (χ0) is 18.6. The van der Waals surface area contributed by atoms with Crippen LogP contribution in [0.4, 0.5) is 8.78 Å². The first kappa shape index (κ1) is 19.8. The molecule has 3 aromatic rings. The van der Waals surface area contributed by atoms with Crippen LogP contribution in [0.2, 0.25) is 0 Å². The average molecular weight is 400 g/mol. The number of halogens is 3. The number of guanidine groups is 1. The fraction of sp³-hybridized carbons (Fsp3) is 0.136. The van der Waals surface area contributed by atoms with Gasteiger partial charge in [0.1, 0.15) is 11.6 Å². The second kappa shape index (κ2) is 8.85. The van der Waals surface area contributed by atoms with Crippen LogP contribution in [0.3, 0.4) is 0 Å². The Labute approximate surface area is 168 Å². The highest BCUT2D eigenvalue weighted by Crippen LogP contribution is 2.32. The molecule has 0 aromatic heterocycles. The van der Waals surface area contributed by atoms with Crippen LogP contribution in [-0.4, -0.2) is 5.96 Å². The Kier molecular flexibility index (Phi) is 6.26. The van der Waals surface area contributed by atoms with Crippen LogP contribution < -0.4 is 10.6 Å². The second-order valence-electron chi connectivity index (χ2n) is 6.50.